The van der Waals surface area contributed by atoms with E-state index in [1.807, 2.05) is 12.2 Å². The Morgan fingerprint density at radius 2 is 2.31 bits per heavy atom. The van der Waals surface area contributed by atoms with E-state index >= 15 is 0 Å². The summed E-state index contributed by atoms with van der Waals surface area (Å²) in [5.74, 6) is 0. The molecular formula is C10H8N2O. The Labute approximate surface area is 76.1 Å². The number of nitriles is 1. The van der Waals surface area contributed by atoms with Crippen LogP contribution < -0.4 is 5.06 Å². The minimum Gasteiger partial charge on any atom is -0.288 e. The molecule has 0 saturated heterocycles. The van der Waals surface area contributed by atoms with Crippen molar-refractivity contribution in [2.45, 2.75) is 0 Å². The molecule has 0 atom stereocenters. The number of anilines is 1. The predicted octanol–water partition coefficient (Wildman–Crippen LogP) is 1.78. The molecule has 0 amide bonds. The third-order valence-electron chi connectivity index (χ3n) is 2.04. The maximum absolute atomic E-state index is 9.45. The summed E-state index contributed by atoms with van der Waals surface area (Å²) in [6, 6.07) is 7.38. The Morgan fingerprint density at radius 1 is 1.46 bits per heavy atom. The lowest BCUT2D eigenvalue weighted by atomic mass is 10.0. The van der Waals surface area contributed by atoms with Gasteiger partial charge in [-0.3, -0.25) is 10.3 Å². The van der Waals surface area contributed by atoms with Crippen molar-refractivity contribution in [3.05, 3.63) is 35.4 Å². The summed E-state index contributed by atoms with van der Waals surface area (Å²) in [5.41, 5.74) is 2.08. The number of fused-ring (bicyclic) bond motifs is 1. The fourth-order valence-electron chi connectivity index (χ4n) is 1.42. The van der Waals surface area contributed by atoms with Crippen LogP contribution in [0.25, 0.3) is 6.08 Å². The molecule has 1 aromatic rings. The van der Waals surface area contributed by atoms with Crippen molar-refractivity contribution in [2.75, 3.05) is 11.6 Å². The summed E-state index contributed by atoms with van der Waals surface area (Å²) in [7, 11) is 0. The number of benzene rings is 1. The van der Waals surface area contributed by atoms with Crippen LogP contribution in [0.15, 0.2) is 24.3 Å². The van der Waals surface area contributed by atoms with Gasteiger partial charge in [0, 0.05) is 5.56 Å². The van der Waals surface area contributed by atoms with Gasteiger partial charge in [-0.1, -0.05) is 18.2 Å². The molecule has 2 rings (SSSR count). The molecule has 1 aliphatic rings. The number of hydroxylamine groups is 1. The highest BCUT2D eigenvalue weighted by molar-refractivity contribution is 5.74. The van der Waals surface area contributed by atoms with Crippen molar-refractivity contribution in [3.63, 3.8) is 0 Å². The average Bonchev–Trinajstić information content (AvgIpc) is 2.18. The van der Waals surface area contributed by atoms with E-state index in [2.05, 4.69) is 6.07 Å². The van der Waals surface area contributed by atoms with Gasteiger partial charge in [-0.2, -0.15) is 5.26 Å². The summed E-state index contributed by atoms with van der Waals surface area (Å²) < 4.78 is 0. The molecule has 0 saturated carbocycles. The van der Waals surface area contributed by atoms with Crippen LogP contribution in [0.3, 0.4) is 0 Å². The Hall–Kier alpha value is -1.79. The van der Waals surface area contributed by atoms with Gasteiger partial charge in [-0.15, -0.1) is 0 Å². The molecule has 0 spiro atoms. The Morgan fingerprint density at radius 3 is 3.08 bits per heavy atom. The normalized spacial score (nSPS) is 13.7. The van der Waals surface area contributed by atoms with Gasteiger partial charge in [-0.25, -0.2) is 0 Å². The van der Waals surface area contributed by atoms with Gasteiger partial charge in [0.1, 0.15) is 0 Å². The van der Waals surface area contributed by atoms with Gasteiger partial charge < -0.3 is 0 Å². The molecule has 1 heterocycles. The van der Waals surface area contributed by atoms with Crippen molar-refractivity contribution >= 4 is 11.8 Å². The van der Waals surface area contributed by atoms with Crippen LogP contribution in [0.1, 0.15) is 11.1 Å². The number of rotatable bonds is 0. The zero-order chi connectivity index (χ0) is 9.26. The standard InChI is InChI=1S/C10H8N2O/c11-7-8-3-1-5-10-9(8)4-2-6-12(10)13/h1-5,13H,6H2. The van der Waals surface area contributed by atoms with Gasteiger partial charge in [0.25, 0.3) is 0 Å². The molecule has 0 aromatic heterocycles. The molecule has 0 aliphatic carbocycles. The van der Waals surface area contributed by atoms with Crippen LogP contribution in [-0.4, -0.2) is 11.8 Å². The fourth-order valence-corrected chi connectivity index (χ4v) is 1.42. The van der Waals surface area contributed by atoms with E-state index in [1.165, 1.54) is 0 Å². The van der Waals surface area contributed by atoms with Crippen LogP contribution in [0.4, 0.5) is 5.69 Å². The summed E-state index contributed by atoms with van der Waals surface area (Å²) >= 11 is 0. The Balaban J connectivity index is 2.65. The van der Waals surface area contributed by atoms with E-state index in [0.29, 0.717) is 17.8 Å². The van der Waals surface area contributed by atoms with Crippen LogP contribution in [0.2, 0.25) is 0 Å². The highest BCUT2D eigenvalue weighted by atomic mass is 16.5. The van der Waals surface area contributed by atoms with Gasteiger partial charge in [-0.05, 0) is 12.1 Å². The second kappa shape index (κ2) is 2.92. The SMILES string of the molecule is N#Cc1cccc2c1C=CCN2O. The van der Waals surface area contributed by atoms with Crippen molar-refractivity contribution in [1.82, 2.24) is 0 Å². The van der Waals surface area contributed by atoms with E-state index in [4.69, 9.17) is 5.26 Å². The average molecular weight is 172 g/mol. The zero-order valence-electron chi connectivity index (χ0n) is 6.94. The van der Waals surface area contributed by atoms with Crippen molar-refractivity contribution in [1.29, 1.82) is 5.26 Å². The van der Waals surface area contributed by atoms with Gasteiger partial charge in [0.15, 0.2) is 0 Å². The predicted molar refractivity (Wildman–Crippen MR) is 49.3 cm³/mol. The zero-order valence-corrected chi connectivity index (χ0v) is 6.94. The smallest absolute Gasteiger partial charge is 0.0998 e. The minimum atomic E-state index is 0.474. The van der Waals surface area contributed by atoms with Gasteiger partial charge >= 0.3 is 0 Å². The Bertz CT molecular complexity index is 404. The largest absolute Gasteiger partial charge is 0.288 e. The summed E-state index contributed by atoms with van der Waals surface area (Å²) in [6.07, 6.45) is 3.68. The number of nitrogens with zero attached hydrogens (tertiary/aromatic N) is 2. The molecule has 1 aromatic carbocycles. The highest BCUT2D eigenvalue weighted by Gasteiger charge is 2.13. The first kappa shape index (κ1) is 7.84. The van der Waals surface area contributed by atoms with E-state index < -0.39 is 0 Å². The molecule has 3 nitrogen and oxygen atoms in total. The van der Waals surface area contributed by atoms with Crippen molar-refractivity contribution < 1.29 is 5.21 Å². The second-order valence-electron chi connectivity index (χ2n) is 2.83. The first-order chi connectivity index (χ1) is 6.33. The molecule has 0 bridgehead atoms. The van der Waals surface area contributed by atoms with E-state index in [9.17, 15) is 5.21 Å². The molecule has 1 N–H and O–H groups in total. The third kappa shape index (κ3) is 1.17. The lowest BCUT2D eigenvalue weighted by molar-refractivity contribution is 0.265. The van der Waals surface area contributed by atoms with Crippen LogP contribution in [0, 0.1) is 11.3 Å². The van der Waals surface area contributed by atoms with Crippen LogP contribution in [0.5, 0.6) is 0 Å². The van der Waals surface area contributed by atoms with Gasteiger partial charge in [0.2, 0.25) is 0 Å². The van der Waals surface area contributed by atoms with E-state index in [0.717, 1.165) is 10.6 Å². The van der Waals surface area contributed by atoms with Crippen LogP contribution >= 0.6 is 0 Å². The molecule has 3 heteroatoms. The second-order valence-corrected chi connectivity index (χ2v) is 2.83. The topological polar surface area (TPSA) is 47.3 Å². The summed E-state index contributed by atoms with van der Waals surface area (Å²) in [5, 5.41) is 19.4. The third-order valence-corrected chi connectivity index (χ3v) is 2.04. The molecule has 0 fully saturated rings. The van der Waals surface area contributed by atoms with E-state index in [1.54, 1.807) is 18.2 Å². The van der Waals surface area contributed by atoms with Crippen LogP contribution in [-0.2, 0) is 0 Å². The maximum Gasteiger partial charge on any atom is 0.0998 e. The monoisotopic (exact) mass is 172 g/mol. The lowest BCUT2D eigenvalue weighted by Gasteiger charge is -2.21. The van der Waals surface area contributed by atoms with Crippen molar-refractivity contribution in [2.24, 2.45) is 0 Å². The minimum absolute atomic E-state index is 0.474. The highest BCUT2D eigenvalue weighted by Crippen LogP contribution is 2.26. The Kier molecular flexibility index (Phi) is 1.76. The molecular weight excluding hydrogens is 164 g/mol. The molecule has 1 aliphatic heterocycles. The molecule has 13 heavy (non-hydrogen) atoms. The molecule has 64 valence electrons. The van der Waals surface area contributed by atoms with Crippen molar-refractivity contribution in [3.8, 4) is 6.07 Å². The maximum atomic E-state index is 9.45. The lowest BCUT2D eigenvalue weighted by Crippen LogP contribution is -2.21. The first-order valence-corrected chi connectivity index (χ1v) is 3.99. The molecule has 0 unspecified atom stereocenters. The summed E-state index contributed by atoms with van der Waals surface area (Å²) in [4.78, 5) is 0. The fraction of sp³-hybridized carbons (Fsp3) is 0.100. The summed E-state index contributed by atoms with van der Waals surface area (Å²) in [6.45, 7) is 0.474. The number of hydrogen-bond donors (Lipinski definition) is 1. The number of hydrogen-bond acceptors (Lipinski definition) is 3. The quantitative estimate of drug-likeness (QED) is 0.648. The van der Waals surface area contributed by atoms with E-state index in [-0.39, 0.29) is 0 Å². The first-order valence-electron chi connectivity index (χ1n) is 3.99. The van der Waals surface area contributed by atoms with Gasteiger partial charge in [0.05, 0.1) is 23.9 Å². The molecule has 0 radical (unpaired) electrons.